The Morgan fingerprint density at radius 3 is 2.54 bits per heavy atom. The van der Waals surface area contributed by atoms with E-state index in [-0.39, 0.29) is 5.75 Å². The Morgan fingerprint density at radius 2 is 1.81 bits per heavy atom. The average Bonchev–Trinajstić information content (AvgIpc) is 2.61. The molecule has 0 aromatic heterocycles. The number of hydrogen-bond donors (Lipinski definition) is 2. The maximum atomic E-state index is 12.2. The van der Waals surface area contributed by atoms with Gasteiger partial charge in [-0.1, -0.05) is 24.3 Å². The van der Waals surface area contributed by atoms with E-state index in [1.54, 1.807) is 36.4 Å². The van der Waals surface area contributed by atoms with Crippen molar-refractivity contribution in [2.24, 2.45) is 5.73 Å². The highest BCUT2D eigenvalue weighted by Crippen LogP contribution is 2.26. The summed E-state index contributed by atoms with van der Waals surface area (Å²) in [7, 11) is 0. The standard InChI is InChI=1S/C19H20N2O4S/c1-12-6-5-7-14(13(12)2)19(24)25-10-18(23)21-15-8-3-4-9-16(15)26-11-17(20)22/h3-9H,10-11H2,1-2H3,(H2,20,22)(H,21,23). The third-order valence-electron chi connectivity index (χ3n) is 3.69. The third-order valence-corrected chi connectivity index (χ3v) is 4.79. The fourth-order valence-corrected chi connectivity index (χ4v) is 2.96. The highest BCUT2D eigenvalue weighted by Gasteiger charge is 2.14. The van der Waals surface area contributed by atoms with Crippen LogP contribution < -0.4 is 11.1 Å². The normalized spacial score (nSPS) is 10.2. The number of primary amides is 1. The number of esters is 1. The minimum atomic E-state index is -0.544. The van der Waals surface area contributed by atoms with Gasteiger partial charge in [-0.3, -0.25) is 9.59 Å². The van der Waals surface area contributed by atoms with E-state index in [2.05, 4.69) is 5.32 Å². The van der Waals surface area contributed by atoms with Gasteiger partial charge in [-0.15, -0.1) is 11.8 Å². The molecule has 0 atom stereocenters. The van der Waals surface area contributed by atoms with Crippen molar-refractivity contribution in [3.8, 4) is 0 Å². The van der Waals surface area contributed by atoms with E-state index in [0.29, 0.717) is 16.1 Å². The Labute approximate surface area is 156 Å². The van der Waals surface area contributed by atoms with Crippen molar-refractivity contribution in [3.05, 3.63) is 59.2 Å². The zero-order valence-electron chi connectivity index (χ0n) is 14.6. The summed E-state index contributed by atoms with van der Waals surface area (Å²) in [5.74, 6) is -1.35. The van der Waals surface area contributed by atoms with Gasteiger partial charge in [0, 0.05) is 4.90 Å². The monoisotopic (exact) mass is 372 g/mol. The Kier molecular flexibility index (Phi) is 6.80. The molecule has 0 fully saturated rings. The summed E-state index contributed by atoms with van der Waals surface area (Å²) in [5.41, 5.74) is 7.92. The first-order valence-electron chi connectivity index (χ1n) is 7.92. The number of ether oxygens (including phenoxy) is 1. The largest absolute Gasteiger partial charge is 0.452 e. The van der Waals surface area contributed by atoms with Crippen LogP contribution in [-0.2, 0) is 14.3 Å². The van der Waals surface area contributed by atoms with E-state index >= 15 is 0 Å². The van der Waals surface area contributed by atoms with Crippen molar-refractivity contribution in [2.45, 2.75) is 18.7 Å². The quantitative estimate of drug-likeness (QED) is 0.575. The summed E-state index contributed by atoms with van der Waals surface area (Å²) in [4.78, 5) is 35.9. The number of para-hydroxylation sites is 1. The second-order valence-electron chi connectivity index (χ2n) is 5.62. The molecule has 0 aliphatic carbocycles. The molecule has 0 radical (unpaired) electrons. The number of amides is 2. The maximum Gasteiger partial charge on any atom is 0.338 e. The fraction of sp³-hybridized carbons (Fsp3) is 0.211. The summed E-state index contributed by atoms with van der Waals surface area (Å²) >= 11 is 1.22. The number of anilines is 1. The molecule has 0 aliphatic rings. The minimum Gasteiger partial charge on any atom is -0.452 e. The van der Waals surface area contributed by atoms with Crippen LogP contribution in [0.3, 0.4) is 0 Å². The molecule has 136 valence electrons. The van der Waals surface area contributed by atoms with Gasteiger partial charge in [-0.05, 0) is 43.2 Å². The number of rotatable bonds is 7. The molecule has 0 heterocycles. The number of aryl methyl sites for hydroxylation is 1. The Morgan fingerprint density at radius 1 is 1.08 bits per heavy atom. The zero-order valence-corrected chi connectivity index (χ0v) is 15.4. The minimum absolute atomic E-state index is 0.106. The van der Waals surface area contributed by atoms with Gasteiger partial charge < -0.3 is 15.8 Å². The van der Waals surface area contributed by atoms with Crippen molar-refractivity contribution >= 4 is 35.2 Å². The molecule has 0 saturated carbocycles. The fourth-order valence-electron chi connectivity index (χ4n) is 2.21. The van der Waals surface area contributed by atoms with Gasteiger partial charge in [0.1, 0.15) is 0 Å². The van der Waals surface area contributed by atoms with E-state index in [1.165, 1.54) is 11.8 Å². The van der Waals surface area contributed by atoms with Crippen molar-refractivity contribution in [2.75, 3.05) is 17.7 Å². The highest BCUT2D eigenvalue weighted by molar-refractivity contribution is 8.00. The van der Waals surface area contributed by atoms with Gasteiger partial charge in [0.15, 0.2) is 6.61 Å². The van der Waals surface area contributed by atoms with Gasteiger partial charge >= 0.3 is 5.97 Å². The van der Waals surface area contributed by atoms with Crippen molar-refractivity contribution < 1.29 is 19.1 Å². The van der Waals surface area contributed by atoms with Crippen molar-refractivity contribution in [3.63, 3.8) is 0 Å². The van der Waals surface area contributed by atoms with E-state index in [4.69, 9.17) is 10.5 Å². The lowest BCUT2D eigenvalue weighted by molar-refractivity contribution is -0.119. The number of thioether (sulfide) groups is 1. The first kappa shape index (κ1) is 19.5. The third kappa shape index (κ3) is 5.35. The molecular weight excluding hydrogens is 352 g/mol. The van der Waals surface area contributed by atoms with Crippen molar-refractivity contribution in [1.29, 1.82) is 0 Å². The van der Waals surface area contributed by atoms with Crippen LogP contribution in [0.25, 0.3) is 0 Å². The topological polar surface area (TPSA) is 98.5 Å². The lowest BCUT2D eigenvalue weighted by atomic mass is 10.0. The van der Waals surface area contributed by atoms with Crippen LogP contribution in [0, 0.1) is 13.8 Å². The van der Waals surface area contributed by atoms with Crippen LogP contribution in [-0.4, -0.2) is 30.1 Å². The Bertz CT molecular complexity index is 836. The molecule has 7 heteroatoms. The van der Waals surface area contributed by atoms with E-state index in [1.807, 2.05) is 19.9 Å². The van der Waals surface area contributed by atoms with Crippen LogP contribution in [0.5, 0.6) is 0 Å². The van der Waals surface area contributed by atoms with Crippen LogP contribution >= 0.6 is 11.8 Å². The molecule has 2 amide bonds. The van der Waals surface area contributed by atoms with E-state index < -0.39 is 24.4 Å². The lowest BCUT2D eigenvalue weighted by Gasteiger charge is -2.11. The number of hydrogen-bond acceptors (Lipinski definition) is 5. The lowest BCUT2D eigenvalue weighted by Crippen LogP contribution is -2.21. The van der Waals surface area contributed by atoms with Crippen LogP contribution in [0.15, 0.2) is 47.4 Å². The number of nitrogens with two attached hydrogens (primary N) is 1. The summed E-state index contributed by atoms with van der Waals surface area (Å²) < 4.78 is 5.10. The number of carbonyl (C=O) groups excluding carboxylic acids is 3. The Balaban J connectivity index is 1.96. The number of benzene rings is 2. The smallest absolute Gasteiger partial charge is 0.338 e. The zero-order chi connectivity index (χ0) is 19.1. The van der Waals surface area contributed by atoms with Crippen LogP contribution in [0.1, 0.15) is 21.5 Å². The van der Waals surface area contributed by atoms with Gasteiger partial charge in [0.05, 0.1) is 17.0 Å². The molecule has 6 nitrogen and oxygen atoms in total. The van der Waals surface area contributed by atoms with Gasteiger partial charge in [-0.25, -0.2) is 4.79 Å². The average molecular weight is 372 g/mol. The summed E-state index contributed by atoms with van der Waals surface area (Å²) in [6.07, 6.45) is 0. The summed E-state index contributed by atoms with van der Waals surface area (Å²) in [6, 6.07) is 12.4. The molecule has 0 unspecified atom stereocenters. The summed E-state index contributed by atoms with van der Waals surface area (Å²) in [5, 5.41) is 2.68. The molecule has 0 spiro atoms. The second kappa shape index (κ2) is 9.05. The number of carbonyl (C=O) groups is 3. The highest BCUT2D eigenvalue weighted by atomic mass is 32.2. The first-order chi connectivity index (χ1) is 12.4. The van der Waals surface area contributed by atoms with Crippen LogP contribution in [0.4, 0.5) is 5.69 Å². The predicted molar refractivity (Wildman–Crippen MR) is 101 cm³/mol. The van der Waals surface area contributed by atoms with E-state index in [0.717, 1.165) is 11.1 Å². The molecule has 0 aliphatic heterocycles. The SMILES string of the molecule is Cc1cccc(C(=O)OCC(=O)Nc2ccccc2SCC(N)=O)c1C. The van der Waals surface area contributed by atoms with Crippen LogP contribution in [0.2, 0.25) is 0 Å². The van der Waals surface area contributed by atoms with E-state index in [9.17, 15) is 14.4 Å². The molecule has 2 aromatic carbocycles. The van der Waals surface area contributed by atoms with Gasteiger partial charge in [-0.2, -0.15) is 0 Å². The van der Waals surface area contributed by atoms with Gasteiger partial charge in [0.2, 0.25) is 5.91 Å². The molecule has 2 rings (SSSR count). The molecule has 2 aromatic rings. The molecule has 3 N–H and O–H groups in total. The molecule has 26 heavy (non-hydrogen) atoms. The van der Waals surface area contributed by atoms with Gasteiger partial charge in [0.25, 0.3) is 5.91 Å². The molecule has 0 saturated heterocycles. The van der Waals surface area contributed by atoms with Crippen molar-refractivity contribution in [1.82, 2.24) is 0 Å². The summed E-state index contributed by atoms with van der Waals surface area (Å²) in [6.45, 7) is 3.33. The molecule has 0 bridgehead atoms. The number of nitrogens with one attached hydrogen (secondary N) is 1. The second-order valence-corrected chi connectivity index (χ2v) is 6.64. The maximum absolute atomic E-state index is 12.2. The first-order valence-corrected chi connectivity index (χ1v) is 8.90. The molecular formula is C19H20N2O4S. The predicted octanol–water partition coefficient (Wildman–Crippen LogP) is 2.68. The Hall–Kier alpha value is -2.80.